The summed E-state index contributed by atoms with van der Waals surface area (Å²) in [5.74, 6) is -0.147. The molecule has 6 heteroatoms. The first-order valence-corrected chi connectivity index (χ1v) is 7.59. The number of carbonyl (C=O) groups is 1. The minimum Gasteiger partial charge on any atom is -0.382 e. The van der Waals surface area contributed by atoms with Gasteiger partial charge in [0.1, 0.15) is 13.1 Å². The van der Waals surface area contributed by atoms with Crippen molar-refractivity contribution in [3.63, 3.8) is 0 Å². The molecule has 0 aromatic carbocycles. The van der Waals surface area contributed by atoms with Crippen LogP contribution in [0.2, 0.25) is 0 Å². The molecule has 0 bridgehead atoms. The smallest absolute Gasteiger partial charge is 0.168 e. The third-order valence-corrected chi connectivity index (χ3v) is 4.40. The highest BCUT2D eigenvalue weighted by Crippen LogP contribution is 2.45. The molecule has 0 amide bonds. The zero-order valence-electron chi connectivity index (χ0n) is 12.9. The first-order chi connectivity index (χ1) is 10.2. The van der Waals surface area contributed by atoms with Crippen LogP contribution in [0.4, 0.5) is 0 Å². The fraction of sp³-hybridized carbons (Fsp3) is 0.933. The molecule has 1 aliphatic carbocycles. The second-order valence-corrected chi connectivity index (χ2v) is 5.76. The molecule has 6 nitrogen and oxygen atoms in total. The fourth-order valence-corrected chi connectivity index (χ4v) is 3.33. The van der Waals surface area contributed by atoms with Crippen LogP contribution in [-0.2, 0) is 28.5 Å². The Morgan fingerprint density at radius 2 is 2.00 bits per heavy atom. The van der Waals surface area contributed by atoms with E-state index in [2.05, 4.69) is 0 Å². The van der Waals surface area contributed by atoms with E-state index >= 15 is 0 Å². The highest BCUT2D eigenvalue weighted by atomic mass is 16.7. The van der Waals surface area contributed by atoms with Gasteiger partial charge in [-0.15, -0.1) is 0 Å². The van der Waals surface area contributed by atoms with Crippen molar-refractivity contribution < 1.29 is 28.5 Å². The lowest BCUT2D eigenvalue weighted by Gasteiger charge is -2.32. The van der Waals surface area contributed by atoms with Gasteiger partial charge in [-0.25, -0.2) is 0 Å². The topological polar surface area (TPSA) is 63.2 Å². The zero-order chi connectivity index (χ0) is 15.1. The average molecular weight is 302 g/mol. The number of ether oxygens (including phenoxy) is 5. The predicted octanol–water partition coefficient (Wildman–Crippen LogP) is 1.37. The Kier molecular flexibility index (Phi) is 6.57. The first-order valence-electron chi connectivity index (χ1n) is 7.59. The maximum Gasteiger partial charge on any atom is 0.168 e. The van der Waals surface area contributed by atoms with Crippen molar-refractivity contribution in [1.29, 1.82) is 0 Å². The summed E-state index contributed by atoms with van der Waals surface area (Å²) in [4.78, 5) is 10.9. The summed E-state index contributed by atoms with van der Waals surface area (Å²) in [6, 6.07) is 0. The summed E-state index contributed by atoms with van der Waals surface area (Å²) < 4.78 is 27.5. The van der Waals surface area contributed by atoms with Crippen molar-refractivity contribution in [3.8, 4) is 0 Å². The maximum atomic E-state index is 10.9. The molecule has 0 unspecified atom stereocenters. The number of methoxy groups -OCH3 is 1. The molecule has 1 aliphatic heterocycles. The van der Waals surface area contributed by atoms with Gasteiger partial charge in [-0.1, -0.05) is 0 Å². The molecule has 0 N–H and O–H groups in total. The second-order valence-electron chi connectivity index (χ2n) is 5.76. The van der Waals surface area contributed by atoms with E-state index in [1.54, 1.807) is 7.11 Å². The molecule has 0 radical (unpaired) electrons. The Bertz CT molecular complexity index is 315. The summed E-state index contributed by atoms with van der Waals surface area (Å²) in [6.07, 6.45) is 3.28. The molecule has 122 valence electrons. The van der Waals surface area contributed by atoms with Gasteiger partial charge in [0, 0.05) is 19.4 Å². The molecule has 2 fully saturated rings. The van der Waals surface area contributed by atoms with Gasteiger partial charge in [-0.05, 0) is 25.7 Å². The maximum absolute atomic E-state index is 10.9. The number of rotatable bonds is 9. The molecule has 2 aliphatic rings. The molecular weight excluding hydrogens is 276 g/mol. The van der Waals surface area contributed by atoms with Crippen LogP contribution in [-0.4, -0.2) is 58.5 Å². The lowest BCUT2D eigenvalue weighted by molar-refractivity contribution is -0.191. The number of aldehydes is 1. The third kappa shape index (κ3) is 4.47. The van der Waals surface area contributed by atoms with Crippen molar-refractivity contribution in [2.45, 2.75) is 38.1 Å². The third-order valence-electron chi connectivity index (χ3n) is 4.40. The summed E-state index contributed by atoms with van der Waals surface area (Å²) in [5, 5.41) is 0. The van der Waals surface area contributed by atoms with E-state index in [1.165, 1.54) is 0 Å². The summed E-state index contributed by atoms with van der Waals surface area (Å²) in [6.45, 7) is 4.55. The SMILES string of the molecule is COCCOCO[C@H]1C[C@H](CC=O)[C@H](C2(C)OCCO2)C1. The Hall–Kier alpha value is -0.530. The van der Waals surface area contributed by atoms with Crippen molar-refractivity contribution in [1.82, 2.24) is 0 Å². The predicted molar refractivity (Wildman–Crippen MR) is 74.8 cm³/mol. The molecular formula is C15H26O6. The Balaban J connectivity index is 1.82. The number of hydrogen-bond acceptors (Lipinski definition) is 6. The summed E-state index contributed by atoms with van der Waals surface area (Å²) in [7, 11) is 1.64. The molecule has 2 rings (SSSR count). The standard InChI is InChI=1S/C15H26O6/c1-15(20-7-8-21-15)14-10-13(9-12(14)3-4-16)19-11-18-6-5-17-2/h4,12-14H,3,5-11H2,1-2H3/t12-,13-,14+/m0/s1. The lowest BCUT2D eigenvalue weighted by Crippen LogP contribution is -2.38. The molecule has 21 heavy (non-hydrogen) atoms. The van der Waals surface area contributed by atoms with Crippen LogP contribution in [0.25, 0.3) is 0 Å². The van der Waals surface area contributed by atoms with Crippen molar-refractivity contribution in [3.05, 3.63) is 0 Å². The van der Waals surface area contributed by atoms with E-state index in [1.807, 2.05) is 6.92 Å². The van der Waals surface area contributed by atoms with Gasteiger partial charge in [-0.2, -0.15) is 0 Å². The molecule has 1 saturated heterocycles. The first kappa shape index (κ1) is 16.8. The molecule has 3 atom stereocenters. The van der Waals surface area contributed by atoms with Gasteiger partial charge in [0.15, 0.2) is 5.79 Å². The van der Waals surface area contributed by atoms with Crippen LogP contribution in [0, 0.1) is 11.8 Å². The fourth-order valence-electron chi connectivity index (χ4n) is 3.33. The van der Waals surface area contributed by atoms with Crippen LogP contribution in [0.1, 0.15) is 26.2 Å². The highest BCUT2D eigenvalue weighted by molar-refractivity contribution is 5.50. The molecule has 1 saturated carbocycles. The summed E-state index contributed by atoms with van der Waals surface area (Å²) >= 11 is 0. The van der Waals surface area contributed by atoms with Crippen LogP contribution < -0.4 is 0 Å². The van der Waals surface area contributed by atoms with E-state index in [0.29, 0.717) is 32.8 Å². The number of carbonyl (C=O) groups excluding carboxylic acids is 1. The highest BCUT2D eigenvalue weighted by Gasteiger charge is 2.49. The van der Waals surface area contributed by atoms with Gasteiger partial charge in [0.2, 0.25) is 0 Å². The van der Waals surface area contributed by atoms with E-state index in [9.17, 15) is 4.79 Å². The van der Waals surface area contributed by atoms with E-state index < -0.39 is 5.79 Å². The van der Waals surface area contributed by atoms with Gasteiger partial charge in [-0.3, -0.25) is 0 Å². The van der Waals surface area contributed by atoms with E-state index in [0.717, 1.165) is 19.1 Å². The normalized spacial score (nSPS) is 31.6. The second kappa shape index (κ2) is 8.19. The Morgan fingerprint density at radius 3 is 2.67 bits per heavy atom. The minimum absolute atomic E-state index is 0.0899. The van der Waals surface area contributed by atoms with Gasteiger partial charge in [0.25, 0.3) is 0 Å². The summed E-state index contributed by atoms with van der Waals surface area (Å²) in [5.41, 5.74) is 0. The van der Waals surface area contributed by atoms with Crippen molar-refractivity contribution in [2.75, 3.05) is 40.3 Å². The molecule has 1 heterocycles. The van der Waals surface area contributed by atoms with Crippen molar-refractivity contribution >= 4 is 6.29 Å². The molecule has 0 aromatic rings. The van der Waals surface area contributed by atoms with Crippen molar-refractivity contribution in [2.24, 2.45) is 11.8 Å². The van der Waals surface area contributed by atoms with Gasteiger partial charge >= 0.3 is 0 Å². The Morgan fingerprint density at radius 1 is 1.24 bits per heavy atom. The minimum atomic E-state index is -0.581. The largest absolute Gasteiger partial charge is 0.382 e. The van der Waals surface area contributed by atoms with Crippen LogP contribution in [0.15, 0.2) is 0 Å². The van der Waals surface area contributed by atoms with Crippen LogP contribution in [0.3, 0.4) is 0 Å². The Labute approximate surface area is 126 Å². The quantitative estimate of drug-likeness (QED) is 0.364. The lowest BCUT2D eigenvalue weighted by atomic mass is 9.87. The number of hydrogen-bond donors (Lipinski definition) is 0. The van der Waals surface area contributed by atoms with E-state index in [4.69, 9.17) is 23.7 Å². The van der Waals surface area contributed by atoms with Crippen LogP contribution in [0.5, 0.6) is 0 Å². The average Bonchev–Trinajstić information content (AvgIpc) is 3.07. The molecule has 0 spiro atoms. The van der Waals surface area contributed by atoms with Gasteiger partial charge in [0.05, 0.1) is 32.5 Å². The van der Waals surface area contributed by atoms with Gasteiger partial charge < -0.3 is 28.5 Å². The van der Waals surface area contributed by atoms with Crippen LogP contribution >= 0.6 is 0 Å². The zero-order valence-corrected chi connectivity index (χ0v) is 12.9. The monoisotopic (exact) mass is 302 g/mol. The van der Waals surface area contributed by atoms with E-state index in [-0.39, 0.29) is 24.7 Å². The molecule has 0 aromatic heterocycles.